The molecule has 0 aromatic carbocycles. The standard InChI is InChI=1S/C19H33NO5S/c1-4-6-10-24-13-17(19(23)25-11-7-5-2)20-18(22)15-8-9-16(12-15)26-14(3)21/h15-17H,4-13H2,1-3H3,(H,20,22)/t15?,16?,17-/m0/s1. The maximum atomic E-state index is 12.5. The topological polar surface area (TPSA) is 81.7 Å². The van der Waals surface area contributed by atoms with Crippen molar-refractivity contribution in [2.24, 2.45) is 5.92 Å². The van der Waals surface area contributed by atoms with Gasteiger partial charge in [0.25, 0.3) is 0 Å². The number of carbonyl (C=O) groups excluding carboxylic acids is 3. The van der Waals surface area contributed by atoms with E-state index in [9.17, 15) is 14.4 Å². The highest BCUT2D eigenvalue weighted by Gasteiger charge is 2.33. The number of nitrogens with one attached hydrogen (secondary N) is 1. The molecule has 0 aromatic rings. The lowest BCUT2D eigenvalue weighted by Crippen LogP contribution is -2.47. The molecule has 0 saturated heterocycles. The summed E-state index contributed by atoms with van der Waals surface area (Å²) < 4.78 is 10.8. The smallest absolute Gasteiger partial charge is 0.331 e. The van der Waals surface area contributed by atoms with Gasteiger partial charge in [0.05, 0.1) is 13.2 Å². The number of carbonyl (C=O) groups is 3. The van der Waals surface area contributed by atoms with Crippen molar-refractivity contribution in [1.82, 2.24) is 5.32 Å². The van der Waals surface area contributed by atoms with E-state index in [2.05, 4.69) is 12.2 Å². The molecule has 3 atom stereocenters. The third kappa shape index (κ3) is 9.03. The second kappa shape index (κ2) is 13.1. The number of esters is 1. The summed E-state index contributed by atoms with van der Waals surface area (Å²) in [4.78, 5) is 36.0. The minimum absolute atomic E-state index is 0.0813. The number of hydrogen-bond donors (Lipinski definition) is 1. The van der Waals surface area contributed by atoms with Crippen LogP contribution in [0.25, 0.3) is 0 Å². The van der Waals surface area contributed by atoms with E-state index in [1.54, 1.807) is 6.92 Å². The summed E-state index contributed by atoms with van der Waals surface area (Å²) in [7, 11) is 0. The van der Waals surface area contributed by atoms with Crippen LogP contribution in [0.15, 0.2) is 0 Å². The second-order valence-electron chi connectivity index (χ2n) is 6.75. The molecule has 1 N–H and O–H groups in total. The molecular formula is C19H33NO5S. The first kappa shape index (κ1) is 23.0. The van der Waals surface area contributed by atoms with Gasteiger partial charge < -0.3 is 14.8 Å². The van der Waals surface area contributed by atoms with Crippen LogP contribution in [-0.2, 0) is 23.9 Å². The van der Waals surface area contributed by atoms with Gasteiger partial charge in [-0.25, -0.2) is 4.79 Å². The van der Waals surface area contributed by atoms with Gasteiger partial charge in [-0.1, -0.05) is 38.5 Å². The van der Waals surface area contributed by atoms with Gasteiger partial charge >= 0.3 is 5.97 Å². The average molecular weight is 388 g/mol. The molecule has 2 unspecified atom stereocenters. The molecule has 1 aliphatic rings. The maximum Gasteiger partial charge on any atom is 0.331 e. The molecule has 7 heteroatoms. The molecule has 1 rings (SSSR count). The first-order valence-electron chi connectivity index (χ1n) is 9.69. The van der Waals surface area contributed by atoms with Crippen molar-refractivity contribution < 1.29 is 23.9 Å². The monoisotopic (exact) mass is 387 g/mol. The van der Waals surface area contributed by atoms with Gasteiger partial charge in [0.2, 0.25) is 5.91 Å². The highest BCUT2D eigenvalue weighted by atomic mass is 32.2. The van der Waals surface area contributed by atoms with E-state index in [1.165, 1.54) is 11.8 Å². The largest absolute Gasteiger partial charge is 0.464 e. The van der Waals surface area contributed by atoms with Crippen molar-refractivity contribution in [3.63, 3.8) is 0 Å². The lowest BCUT2D eigenvalue weighted by atomic mass is 10.1. The van der Waals surface area contributed by atoms with Gasteiger partial charge in [0, 0.05) is 24.7 Å². The van der Waals surface area contributed by atoms with Gasteiger partial charge in [-0.15, -0.1) is 0 Å². The van der Waals surface area contributed by atoms with E-state index < -0.39 is 12.0 Å². The predicted molar refractivity (Wildman–Crippen MR) is 103 cm³/mol. The summed E-state index contributed by atoms with van der Waals surface area (Å²) in [6, 6.07) is -0.768. The summed E-state index contributed by atoms with van der Waals surface area (Å²) in [6.45, 7) is 6.69. The predicted octanol–water partition coefficient (Wildman–Crippen LogP) is 3.08. The third-order valence-electron chi connectivity index (χ3n) is 4.36. The Labute approximate surface area is 161 Å². The van der Waals surface area contributed by atoms with Crippen LogP contribution in [0.5, 0.6) is 0 Å². The van der Waals surface area contributed by atoms with E-state index in [4.69, 9.17) is 9.47 Å². The molecule has 26 heavy (non-hydrogen) atoms. The molecular weight excluding hydrogens is 354 g/mol. The van der Waals surface area contributed by atoms with Gasteiger partial charge in [0.1, 0.15) is 0 Å². The Morgan fingerprint density at radius 1 is 1.12 bits per heavy atom. The molecule has 0 bridgehead atoms. The summed E-state index contributed by atoms with van der Waals surface area (Å²) in [5, 5.41) is 3.08. The van der Waals surface area contributed by atoms with Gasteiger partial charge in [-0.2, -0.15) is 0 Å². The van der Waals surface area contributed by atoms with E-state index in [-0.39, 0.29) is 28.8 Å². The van der Waals surface area contributed by atoms with Crippen molar-refractivity contribution in [3.05, 3.63) is 0 Å². The Morgan fingerprint density at radius 3 is 2.46 bits per heavy atom. The van der Waals surface area contributed by atoms with Crippen molar-refractivity contribution in [2.45, 2.75) is 77.0 Å². The number of thioether (sulfide) groups is 1. The number of unbranched alkanes of at least 4 members (excludes halogenated alkanes) is 2. The number of rotatable bonds is 12. The van der Waals surface area contributed by atoms with Crippen LogP contribution >= 0.6 is 11.8 Å². The van der Waals surface area contributed by atoms with Crippen LogP contribution in [0, 0.1) is 5.92 Å². The Kier molecular flexibility index (Phi) is 11.6. The fourth-order valence-corrected chi connectivity index (χ4v) is 3.90. The minimum Gasteiger partial charge on any atom is -0.464 e. The first-order chi connectivity index (χ1) is 12.5. The molecule has 1 saturated carbocycles. The van der Waals surface area contributed by atoms with Crippen LogP contribution in [0.4, 0.5) is 0 Å². The summed E-state index contributed by atoms with van der Waals surface area (Å²) in [5.74, 6) is -0.738. The first-order valence-corrected chi connectivity index (χ1v) is 10.6. The lowest BCUT2D eigenvalue weighted by molar-refractivity contribution is -0.150. The second-order valence-corrected chi connectivity index (χ2v) is 8.23. The van der Waals surface area contributed by atoms with Crippen LogP contribution in [-0.4, -0.2) is 48.1 Å². The molecule has 6 nitrogen and oxygen atoms in total. The maximum absolute atomic E-state index is 12.5. The van der Waals surface area contributed by atoms with Crippen molar-refractivity contribution in [1.29, 1.82) is 0 Å². The van der Waals surface area contributed by atoms with Crippen molar-refractivity contribution >= 4 is 28.8 Å². The third-order valence-corrected chi connectivity index (χ3v) is 5.45. The molecule has 1 aliphatic carbocycles. The van der Waals surface area contributed by atoms with E-state index in [0.717, 1.165) is 38.5 Å². The zero-order chi connectivity index (χ0) is 19.4. The zero-order valence-electron chi connectivity index (χ0n) is 16.3. The molecule has 0 heterocycles. The Morgan fingerprint density at radius 2 is 1.81 bits per heavy atom. The molecule has 150 valence electrons. The van der Waals surface area contributed by atoms with Gasteiger partial charge in [-0.05, 0) is 32.1 Å². The molecule has 0 spiro atoms. The van der Waals surface area contributed by atoms with Crippen molar-refractivity contribution in [2.75, 3.05) is 19.8 Å². The minimum atomic E-state index is -0.768. The van der Waals surface area contributed by atoms with Crippen LogP contribution in [0.1, 0.15) is 65.7 Å². The zero-order valence-corrected chi connectivity index (χ0v) is 17.1. The molecule has 0 aromatic heterocycles. The Bertz CT molecular complexity index is 457. The summed E-state index contributed by atoms with van der Waals surface area (Å²) in [6.07, 6.45) is 5.92. The number of amides is 1. The SMILES string of the molecule is CCCCOC[C@H](NC(=O)C1CCC(SC(C)=O)C1)C(=O)OCCCC. The van der Waals surface area contributed by atoms with Gasteiger partial charge in [0.15, 0.2) is 11.2 Å². The lowest BCUT2D eigenvalue weighted by Gasteiger charge is -2.20. The highest BCUT2D eigenvalue weighted by Crippen LogP contribution is 2.34. The number of hydrogen-bond acceptors (Lipinski definition) is 6. The number of ether oxygens (including phenoxy) is 2. The van der Waals surface area contributed by atoms with E-state index >= 15 is 0 Å². The van der Waals surface area contributed by atoms with E-state index in [1.807, 2.05) is 6.92 Å². The molecule has 0 aliphatic heterocycles. The Balaban J connectivity index is 2.52. The van der Waals surface area contributed by atoms with Crippen LogP contribution in [0.2, 0.25) is 0 Å². The fraction of sp³-hybridized carbons (Fsp3) is 0.842. The van der Waals surface area contributed by atoms with Gasteiger partial charge in [-0.3, -0.25) is 9.59 Å². The Hall–Kier alpha value is -1.08. The van der Waals surface area contributed by atoms with Crippen molar-refractivity contribution in [3.8, 4) is 0 Å². The average Bonchev–Trinajstić information content (AvgIpc) is 3.05. The fourth-order valence-electron chi connectivity index (χ4n) is 2.84. The quantitative estimate of drug-likeness (QED) is 0.409. The normalized spacial score (nSPS) is 20.6. The summed E-state index contributed by atoms with van der Waals surface area (Å²) >= 11 is 1.31. The molecule has 0 radical (unpaired) electrons. The van der Waals surface area contributed by atoms with Crippen LogP contribution in [0.3, 0.4) is 0 Å². The molecule has 1 fully saturated rings. The van der Waals surface area contributed by atoms with Crippen LogP contribution < -0.4 is 5.32 Å². The summed E-state index contributed by atoms with van der Waals surface area (Å²) in [5.41, 5.74) is 0. The molecule has 1 amide bonds. The highest BCUT2D eigenvalue weighted by molar-refractivity contribution is 8.14. The van der Waals surface area contributed by atoms with E-state index in [0.29, 0.717) is 19.6 Å².